The smallest absolute Gasteiger partial charge is 0.203 e. The summed E-state index contributed by atoms with van der Waals surface area (Å²) in [5, 5.41) is 4.14. The second-order valence-corrected chi connectivity index (χ2v) is 6.67. The van der Waals surface area contributed by atoms with E-state index >= 15 is 0 Å². The van der Waals surface area contributed by atoms with E-state index in [0.29, 0.717) is 0 Å². The maximum Gasteiger partial charge on any atom is 0.203 e. The predicted molar refractivity (Wildman–Crippen MR) is 111 cm³/mol. The number of halogens is 1. The molecule has 3 aromatic rings. The molecule has 2 aromatic carbocycles. The number of rotatable bonds is 7. The topological polar surface area (TPSA) is 33.1 Å². The molecule has 136 valence electrons. The van der Waals surface area contributed by atoms with E-state index in [2.05, 4.69) is 57.9 Å². The molecule has 26 heavy (non-hydrogen) atoms. The van der Waals surface area contributed by atoms with Crippen LogP contribution >= 0.6 is 11.6 Å². The molecule has 0 unspecified atom stereocenters. The number of nitrogens with zero attached hydrogens (tertiary/aromatic N) is 3. The van der Waals surface area contributed by atoms with Crippen molar-refractivity contribution in [3.05, 3.63) is 65.3 Å². The first-order valence-electron chi connectivity index (χ1n) is 8.97. The van der Waals surface area contributed by atoms with Crippen molar-refractivity contribution < 1.29 is 0 Å². The highest BCUT2D eigenvalue weighted by Gasteiger charge is 2.09. The summed E-state index contributed by atoms with van der Waals surface area (Å²) in [6, 6.07) is 16.5. The van der Waals surface area contributed by atoms with Gasteiger partial charge in [0.2, 0.25) is 5.95 Å². The van der Waals surface area contributed by atoms with Gasteiger partial charge in [-0.2, -0.15) is 0 Å². The van der Waals surface area contributed by atoms with Gasteiger partial charge in [0.1, 0.15) is 0 Å². The predicted octanol–water partition coefficient (Wildman–Crippen LogP) is 5.20. The van der Waals surface area contributed by atoms with Gasteiger partial charge in [-0.05, 0) is 43.7 Å². The van der Waals surface area contributed by atoms with Crippen LogP contribution in [-0.2, 0) is 13.6 Å². The second-order valence-electron chi connectivity index (χ2n) is 6.23. The highest BCUT2D eigenvalue weighted by molar-refractivity contribution is 6.30. The Balaban J connectivity index is 1.69. The summed E-state index contributed by atoms with van der Waals surface area (Å²) in [6.07, 6.45) is 1.87. The SMILES string of the molecule is CCN(CC)c1ccc(CNc2ncc(-c3cccc(Cl)c3)n2C)cc1. The van der Waals surface area contributed by atoms with Crippen molar-refractivity contribution >= 4 is 23.2 Å². The van der Waals surface area contributed by atoms with E-state index in [0.717, 1.165) is 41.9 Å². The molecule has 0 bridgehead atoms. The molecule has 0 amide bonds. The molecular formula is C21H25ClN4. The normalized spacial score (nSPS) is 10.8. The third-order valence-corrected chi connectivity index (χ3v) is 4.86. The number of aromatic nitrogens is 2. The first-order valence-corrected chi connectivity index (χ1v) is 9.35. The van der Waals surface area contributed by atoms with Gasteiger partial charge in [-0.15, -0.1) is 0 Å². The van der Waals surface area contributed by atoms with Gasteiger partial charge < -0.3 is 14.8 Å². The van der Waals surface area contributed by atoms with Crippen molar-refractivity contribution in [1.29, 1.82) is 0 Å². The number of hydrogen-bond donors (Lipinski definition) is 1. The number of anilines is 2. The quantitative estimate of drug-likeness (QED) is 0.622. The molecule has 0 saturated carbocycles. The number of nitrogens with one attached hydrogen (secondary N) is 1. The van der Waals surface area contributed by atoms with Crippen molar-refractivity contribution in [1.82, 2.24) is 9.55 Å². The van der Waals surface area contributed by atoms with Crippen LogP contribution in [0.2, 0.25) is 5.02 Å². The number of hydrogen-bond acceptors (Lipinski definition) is 3. The molecule has 0 aliphatic carbocycles. The highest BCUT2D eigenvalue weighted by atomic mass is 35.5. The number of benzene rings is 2. The van der Waals surface area contributed by atoms with E-state index in [-0.39, 0.29) is 0 Å². The average Bonchev–Trinajstić information content (AvgIpc) is 3.02. The largest absolute Gasteiger partial charge is 0.372 e. The van der Waals surface area contributed by atoms with Crippen LogP contribution in [0.1, 0.15) is 19.4 Å². The van der Waals surface area contributed by atoms with Crippen molar-refractivity contribution in [3.8, 4) is 11.3 Å². The summed E-state index contributed by atoms with van der Waals surface area (Å²) in [7, 11) is 2.01. The molecule has 0 saturated heterocycles. The molecule has 0 aliphatic heterocycles. The van der Waals surface area contributed by atoms with E-state index in [1.807, 2.05) is 37.5 Å². The molecule has 1 aromatic heterocycles. The fourth-order valence-corrected chi connectivity index (χ4v) is 3.27. The van der Waals surface area contributed by atoms with E-state index in [1.54, 1.807) is 0 Å². The molecule has 5 heteroatoms. The van der Waals surface area contributed by atoms with E-state index in [1.165, 1.54) is 11.3 Å². The third-order valence-electron chi connectivity index (χ3n) is 4.62. The lowest BCUT2D eigenvalue weighted by Crippen LogP contribution is -2.21. The fourth-order valence-electron chi connectivity index (χ4n) is 3.08. The Labute approximate surface area is 160 Å². The molecule has 0 aliphatic rings. The van der Waals surface area contributed by atoms with Crippen molar-refractivity contribution in [2.75, 3.05) is 23.3 Å². The molecule has 3 rings (SSSR count). The Morgan fingerprint density at radius 2 is 1.81 bits per heavy atom. The Morgan fingerprint density at radius 3 is 2.46 bits per heavy atom. The Morgan fingerprint density at radius 1 is 1.08 bits per heavy atom. The van der Waals surface area contributed by atoms with Crippen LogP contribution in [0, 0.1) is 0 Å². The molecule has 0 radical (unpaired) electrons. The highest BCUT2D eigenvalue weighted by Crippen LogP contribution is 2.25. The summed E-state index contributed by atoms with van der Waals surface area (Å²) in [6.45, 7) is 7.13. The van der Waals surface area contributed by atoms with Gasteiger partial charge in [-0.25, -0.2) is 4.98 Å². The van der Waals surface area contributed by atoms with Crippen LogP contribution in [0.25, 0.3) is 11.3 Å². The summed E-state index contributed by atoms with van der Waals surface area (Å²) in [5.41, 5.74) is 4.59. The Kier molecular flexibility index (Phi) is 5.84. The summed E-state index contributed by atoms with van der Waals surface area (Å²) in [4.78, 5) is 6.85. The van der Waals surface area contributed by atoms with E-state index in [4.69, 9.17) is 11.6 Å². The first kappa shape index (κ1) is 18.3. The Bertz CT molecular complexity index is 851. The maximum absolute atomic E-state index is 6.10. The van der Waals surface area contributed by atoms with Crippen molar-refractivity contribution in [2.24, 2.45) is 7.05 Å². The van der Waals surface area contributed by atoms with Gasteiger partial charge in [0.05, 0.1) is 11.9 Å². The summed E-state index contributed by atoms with van der Waals surface area (Å²) >= 11 is 6.10. The minimum Gasteiger partial charge on any atom is -0.372 e. The molecule has 0 fully saturated rings. The summed E-state index contributed by atoms with van der Waals surface area (Å²) < 4.78 is 2.05. The first-order chi connectivity index (χ1) is 12.6. The summed E-state index contributed by atoms with van der Waals surface area (Å²) in [5.74, 6) is 0.841. The maximum atomic E-state index is 6.10. The molecule has 0 spiro atoms. The van der Waals surface area contributed by atoms with Crippen LogP contribution in [0.3, 0.4) is 0 Å². The van der Waals surface area contributed by atoms with Gasteiger partial charge in [0.25, 0.3) is 0 Å². The molecule has 4 nitrogen and oxygen atoms in total. The van der Waals surface area contributed by atoms with Gasteiger partial charge >= 0.3 is 0 Å². The van der Waals surface area contributed by atoms with Gasteiger partial charge in [0.15, 0.2) is 0 Å². The van der Waals surface area contributed by atoms with Crippen LogP contribution in [0.15, 0.2) is 54.7 Å². The zero-order chi connectivity index (χ0) is 18.5. The van der Waals surface area contributed by atoms with Gasteiger partial charge in [-0.3, -0.25) is 0 Å². The average molecular weight is 369 g/mol. The Hall–Kier alpha value is -2.46. The van der Waals surface area contributed by atoms with E-state index in [9.17, 15) is 0 Å². The van der Waals surface area contributed by atoms with Crippen LogP contribution < -0.4 is 10.2 Å². The monoisotopic (exact) mass is 368 g/mol. The van der Waals surface area contributed by atoms with E-state index < -0.39 is 0 Å². The zero-order valence-corrected chi connectivity index (χ0v) is 16.3. The standard InChI is InChI=1S/C21H25ClN4/c1-4-26(5-2)19-11-9-16(10-12-19)14-23-21-24-15-20(25(21)3)17-7-6-8-18(22)13-17/h6-13,15H,4-5,14H2,1-3H3,(H,23,24). The van der Waals surface area contributed by atoms with Crippen LogP contribution in [0.4, 0.5) is 11.6 Å². The fraction of sp³-hybridized carbons (Fsp3) is 0.286. The van der Waals surface area contributed by atoms with Crippen LogP contribution in [0.5, 0.6) is 0 Å². The zero-order valence-electron chi connectivity index (χ0n) is 15.5. The number of imidazole rings is 1. The lowest BCUT2D eigenvalue weighted by Gasteiger charge is -2.21. The third kappa shape index (κ3) is 4.02. The minimum atomic E-state index is 0.728. The molecule has 0 atom stereocenters. The lowest BCUT2D eigenvalue weighted by molar-refractivity contribution is 0.865. The lowest BCUT2D eigenvalue weighted by atomic mass is 10.2. The minimum absolute atomic E-state index is 0.728. The van der Waals surface area contributed by atoms with Crippen molar-refractivity contribution in [3.63, 3.8) is 0 Å². The van der Waals surface area contributed by atoms with Gasteiger partial charge in [0, 0.05) is 43.0 Å². The van der Waals surface area contributed by atoms with Crippen molar-refractivity contribution in [2.45, 2.75) is 20.4 Å². The second kappa shape index (κ2) is 8.28. The molecular weight excluding hydrogens is 344 g/mol. The van der Waals surface area contributed by atoms with Crippen LogP contribution in [-0.4, -0.2) is 22.6 Å². The van der Waals surface area contributed by atoms with Gasteiger partial charge in [-0.1, -0.05) is 35.9 Å². The molecule has 1 heterocycles. The molecule has 1 N–H and O–H groups in total.